The summed E-state index contributed by atoms with van der Waals surface area (Å²) in [4.78, 5) is 24.0. The average Bonchev–Trinajstić information content (AvgIpc) is 2.52. The third-order valence-corrected chi connectivity index (χ3v) is 3.87. The number of rotatable bonds is 4. The van der Waals surface area contributed by atoms with Crippen molar-refractivity contribution in [3.05, 3.63) is 46.7 Å². The summed E-state index contributed by atoms with van der Waals surface area (Å²) in [6.45, 7) is 5.68. The Kier molecular flexibility index (Phi) is 5.21. The van der Waals surface area contributed by atoms with Crippen molar-refractivity contribution in [1.29, 1.82) is 0 Å². The van der Waals surface area contributed by atoms with Crippen LogP contribution < -0.4 is 16.4 Å². The number of benzene rings is 1. The largest absolute Gasteiger partial charge is 0.401 e. The van der Waals surface area contributed by atoms with Crippen molar-refractivity contribution in [3.63, 3.8) is 0 Å². The third-order valence-electron chi connectivity index (χ3n) is 3.87. The van der Waals surface area contributed by atoms with Crippen molar-refractivity contribution >= 4 is 23.2 Å². The fraction of sp³-hybridized carbons (Fsp3) is 0.333. The standard InChI is InChI=1S/C18H23N3O2/c1-4-6-14(15(19)5-2)18(23)20-13-9-11(3)17-12(10-13)7-8-16(22)21-17/h4,6,9-10H,5,7-8,19H2,1-3H3,(H,20,23)(H,21,22)/b6-4-,15-14+. The molecular formula is C18H23N3O2. The molecule has 0 aromatic heterocycles. The predicted molar refractivity (Wildman–Crippen MR) is 93.1 cm³/mol. The molecule has 1 aromatic carbocycles. The molecule has 1 heterocycles. The van der Waals surface area contributed by atoms with Crippen LogP contribution in [0, 0.1) is 6.92 Å². The molecule has 0 unspecified atom stereocenters. The van der Waals surface area contributed by atoms with Gasteiger partial charge in [0, 0.05) is 23.5 Å². The number of aryl methyl sites for hydroxylation is 2. The van der Waals surface area contributed by atoms with Crippen LogP contribution in [0.2, 0.25) is 0 Å². The zero-order chi connectivity index (χ0) is 17.0. The van der Waals surface area contributed by atoms with Gasteiger partial charge in [0.2, 0.25) is 5.91 Å². The van der Waals surface area contributed by atoms with Crippen LogP contribution in [0.3, 0.4) is 0 Å². The summed E-state index contributed by atoms with van der Waals surface area (Å²) in [6, 6.07) is 3.77. The maximum Gasteiger partial charge on any atom is 0.257 e. The maximum absolute atomic E-state index is 12.5. The molecule has 0 spiro atoms. The molecule has 0 radical (unpaired) electrons. The van der Waals surface area contributed by atoms with E-state index in [-0.39, 0.29) is 11.8 Å². The minimum Gasteiger partial charge on any atom is -0.401 e. The van der Waals surface area contributed by atoms with E-state index in [0.717, 1.165) is 16.8 Å². The molecule has 4 N–H and O–H groups in total. The van der Waals surface area contributed by atoms with E-state index in [9.17, 15) is 9.59 Å². The van der Waals surface area contributed by atoms with Gasteiger partial charge in [-0.25, -0.2) is 0 Å². The molecule has 0 saturated heterocycles. The molecule has 1 aromatic rings. The third kappa shape index (κ3) is 3.80. The number of hydrogen-bond donors (Lipinski definition) is 3. The number of carbonyl (C=O) groups excluding carboxylic acids is 2. The molecule has 0 atom stereocenters. The second kappa shape index (κ2) is 7.13. The number of nitrogens with one attached hydrogen (secondary N) is 2. The SMILES string of the molecule is C/C=C\C(C(=O)Nc1cc(C)c2c(c1)CCC(=O)N2)=C(/N)CC. The van der Waals surface area contributed by atoms with E-state index in [1.165, 1.54) is 0 Å². The van der Waals surface area contributed by atoms with E-state index in [2.05, 4.69) is 10.6 Å². The lowest BCUT2D eigenvalue weighted by Crippen LogP contribution is -2.21. The summed E-state index contributed by atoms with van der Waals surface area (Å²) in [5, 5.41) is 5.79. The highest BCUT2D eigenvalue weighted by molar-refractivity contribution is 6.06. The van der Waals surface area contributed by atoms with E-state index in [1.807, 2.05) is 32.9 Å². The molecule has 5 nitrogen and oxygen atoms in total. The molecule has 2 amide bonds. The topological polar surface area (TPSA) is 84.2 Å². The monoisotopic (exact) mass is 313 g/mol. The van der Waals surface area contributed by atoms with Gasteiger partial charge in [-0.1, -0.05) is 19.1 Å². The van der Waals surface area contributed by atoms with Gasteiger partial charge in [-0.15, -0.1) is 0 Å². The summed E-state index contributed by atoms with van der Waals surface area (Å²) in [6.07, 6.45) is 5.28. The number of allylic oxidation sites excluding steroid dienone is 2. The van der Waals surface area contributed by atoms with Gasteiger partial charge >= 0.3 is 0 Å². The van der Waals surface area contributed by atoms with Crippen molar-refractivity contribution in [1.82, 2.24) is 0 Å². The molecular weight excluding hydrogens is 290 g/mol. The van der Waals surface area contributed by atoms with Gasteiger partial charge in [0.1, 0.15) is 0 Å². The lowest BCUT2D eigenvalue weighted by atomic mass is 9.98. The Bertz CT molecular complexity index is 702. The molecule has 2 rings (SSSR count). The Balaban J connectivity index is 2.29. The second-order valence-electron chi connectivity index (χ2n) is 5.62. The van der Waals surface area contributed by atoms with Crippen molar-refractivity contribution < 1.29 is 9.59 Å². The van der Waals surface area contributed by atoms with Crippen molar-refractivity contribution in [3.8, 4) is 0 Å². The fourth-order valence-corrected chi connectivity index (χ4v) is 2.64. The number of amides is 2. The van der Waals surface area contributed by atoms with Gasteiger partial charge in [0.15, 0.2) is 0 Å². The van der Waals surface area contributed by atoms with E-state index in [0.29, 0.717) is 36.2 Å². The van der Waals surface area contributed by atoms with Crippen LogP contribution in [0.4, 0.5) is 11.4 Å². The molecule has 1 aliphatic rings. The lowest BCUT2D eigenvalue weighted by Gasteiger charge is -2.20. The number of anilines is 2. The smallest absolute Gasteiger partial charge is 0.257 e. The van der Waals surface area contributed by atoms with Crippen molar-refractivity contribution in [2.75, 3.05) is 10.6 Å². The Hall–Kier alpha value is -2.56. The first-order valence-corrected chi connectivity index (χ1v) is 7.82. The summed E-state index contributed by atoms with van der Waals surface area (Å²) >= 11 is 0. The van der Waals surface area contributed by atoms with Gasteiger partial charge in [-0.05, 0) is 49.9 Å². The van der Waals surface area contributed by atoms with Crippen LogP contribution in [0.1, 0.15) is 37.8 Å². The van der Waals surface area contributed by atoms with E-state index >= 15 is 0 Å². The second-order valence-corrected chi connectivity index (χ2v) is 5.62. The lowest BCUT2D eigenvalue weighted by molar-refractivity contribution is -0.116. The molecule has 0 aliphatic carbocycles. The molecule has 0 saturated carbocycles. The minimum absolute atomic E-state index is 0.0337. The van der Waals surface area contributed by atoms with Gasteiger partial charge < -0.3 is 16.4 Å². The zero-order valence-corrected chi connectivity index (χ0v) is 13.8. The first-order chi connectivity index (χ1) is 11.0. The number of hydrogen-bond acceptors (Lipinski definition) is 3. The van der Waals surface area contributed by atoms with E-state index < -0.39 is 0 Å². The normalized spacial score (nSPS) is 15.0. The fourth-order valence-electron chi connectivity index (χ4n) is 2.64. The number of nitrogens with two attached hydrogens (primary N) is 1. The average molecular weight is 313 g/mol. The quantitative estimate of drug-likeness (QED) is 0.590. The Morgan fingerprint density at radius 2 is 2.13 bits per heavy atom. The Morgan fingerprint density at radius 1 is 1.39 bits per heavy atom. The van der Waals surface area contributed by atoms with Gasteiger partial charge in [0.05, 0.1) is 5.57 Å². The molecule has 122 valence electrons. The molecule has 1 aliphatic heterocycles. The van der Waals surface area contributed by atoms with Crippen LogP contribution in [0.25, 0.3) is 0 Å². The number of fused-ring (bicyclic) bond motifs is 1. The highest BCUT2D eigenvalue weighted by Gasteiger charge is 2.18. The van der Waals surface area contributed by atoms with Crippen LogP contribution >= 0.6 is 0 Å². The van der Waals surface area contributed by atoms with Crippen LogP contribution in [-0.2, 0) is 16.0 Å². The Labute approximate surface area is 136 Å². The van der Waals surface area contributed by atoms with Crippen molar-refractivity contribution in [2.45, 2.75) is 40.0 Å². The minimum atomic E-state index is -0.221. The summed E-state index contributed by atoms with van der Waals surface area (Å²) in [7, 11) is 0. The van der Waals surface area contributed by atoms with Crippen LogP contribution in [-0.4, -0.2) is 11.8 Å². The number of carbonyl (C=O) groups is 2. The summed E-state index contributed by atoms with van der Waals surface area (Å²) in [5.41, 5.74) is 10.5. The summed E-state index contributed by atoms with van der Waals surface area (Å²) in [5.74, 6) is -0.187. The zero-order valence-electron chi connectivity index (χ0n) is 13.8. The van der Waals surface area contributed by atoms with E-state index in [4.69, 9.17) is 5.73 Å². The van der Waals surface area contributed by atoms with E-state index in [1.54, 1.807) is 12.2 Å². The van der Waals surface area contributed by atoms with Gasteiger partial charge in [0.25, 0.3) is 5.91 Å². The van der Waals surface area contributed by atoms with Gasteiger partial charge in [-0.3, -0.25) is 9.59 Å². The van der Waals surface area contributed by atoms with Crippen LogP contribution in [0.15, 0.2) is 35.6 Å². The van der Waals surface area contributed by atoms with Crippen molar-refractivity contribution in [2.24, 2.45) is 5.73 Å². The summed E-state index contributed by atoms with van der Waals surface area (Å²) < 4.78 is 0. The first kappa shape index (κ1) is 16.8. The van der Waals surface area contributed by atoms with Gasteiger partial charge in [-0.2, -0.15) is 0 Å². The first-order valence-electron chi connectivity index (χ1n) is 7.82. The molecule has 0 bridgehead atoms. The molecule has 23 heavy (non-hydrogen) atoms. The Morgan fingerprint density at radius 3 is 2.78 bits per heavy atom. The maximum atomic E-state index is 12.5. The highest BCUT2D eigenvalue weighted by Crippen LogP contribution is 2.30. The molecule has 5 heteroatoms. The predicted octanol–water partition coefficient (Wildman–Crippen LogP) is 3.02. The molecule has 0 fully saturated rings. The highest BCUT2D eigenvalue weighted by atomic mass is 16.2. The van der Waals surface area contributed by atoms with Crippen LogP contribution in [0.5, 0.6) is 0 Å².